The molecular weight excluding hydrogens is 395 g/mol. The van der Waals surface area contributed by atoms with Crippen LogP contribution in [0.3, 0.4) is 0 Å². The Morgan fingerprint density at radius 3 is 2.63 bits per heavy atom. The van der Waals surface area contributed by atoms with Crippen LogP contribution >= 0.6 is 0 Å². The Balaban J connectivity index is 1.32. The Morgan fingerprint density at radius 2 is 1.93 bits per heavy atom. The SMILES string of the molecule is O=C(NC1CCn2nc(-c3ccnc(C4CC4)c3)cc21)c1ccc(C(F)(F)F)nc1. The van der Waals surface area contributed by atoms with E-state index < -0.39 is 17.8 Å². The topological polar surface area (TPSA) is 72.7 Å². The predicted molar refractivity (Wildman–Crippen MR) is 101 cm³/mol. The molecule has 3 aromatic rings. The highest BCUT2D eigenvalue weighted by Gasteiger charge is 2.33. The normalized spacial score (nSPS) is 18.3. The van der Waals surface area contributed by atoms with Crippen LogP contribution in [-0.4, -0.2) is 25.7 Å². The van der Waals surface area contributed by atoms with Gasteiger partial charge in [0.05, 0.1) is 23.0 Å². The fraction of sp³-hybridized carbons (Fsp3) is 0.333. The summed E-state index contributed by atoms with van der Waals surface area (Å²) in [6, 6.07) is 7.63. The molecule has 1 amide bonds. The third-order valence-electron chi connectivity index (χ3n) is 5.49. The Hall–Kier alpha value is -3.23. The second-order valence-corrected chi connectivity index (χ2v) is 7.67. The van der Waals surface area contributed by atoms with Gasteiger partial charge in [-0.1, -0.05) is 0 Å². The zero-order valence-corrected chi connectivity index (χ0v) is 15.9. The molecule has 30 heavy (non-hydrogen) atoms. The summed E-state index contributed by atoms with van der Waals surface area (Å²) in [4.78, 5) is 20.3. The highest BCUT2D eigenvalue weighted by molar-refractivity contribution is 5.94. The van der Waals surface area contributed by atoms with E-state index in [9.17, 15) is 18.0 Å². The largest absolute Gasteiger partial charge is 0.433 e. The Bertz CT molecular complexity index is 1100. The number of alkyl halides is 3. The van der Waals surface area contributed by atoms with E-state index >= 15 is 0 Å². The van der Waals surface area contributed by atoms with Crippen molar-refractivity contribution < 1.29 is 18.0 Å². The number of fused-ring (bicyclic) bond motifs is 1. The molecule has 3 aromatic heterocycles. The molecule has 5 rings (SSSR count). The van der Waals surface area contributed by atoms with Gasteiger partial charge in [-0.25, -0.2) is 0 Å². The molecule has 1 aliphatic heterocycles. The number of hydrogen-bond donors (Lipinski definition) is 1. The predicted octanol–water partition coefficient (Wildman–Crippen LogP) is 4.11. The molecule has 0 spiro atoms. The maximum Gasteiger partial charge on any atom is 0.433 e. The lowest BCUT2D eigenvalue weighted by atomic mass is 10.1. The van der Waals surface area contributed by atoms with Crippen LogP contribution in [0.25, 0.3) is 11.3 Å². The summed E-state index contributed by atoms with van der Waals surface area (Å²) in [7, 11) is 0. The number of amides is 1. The van der Waals surface area contributed by atoms with Crippen molar-refractivity contribution in [2.45, 2.75) is 43.9 Å². The van der Waals surface area contributed by atoms with Crippen LogP contribution in [0.5, 0.6) is 0 Å². The standard InChI is InChI=1S/C21H18F3N5O/c22-21(23,24)19-4-3-14(11-26-19)20(30)27-15-6-8-29-18(15)10-17(28-29)13-5-7-25-16(9-13)12-1-2-12/h3-5,7,9-12,15H,1-2,6,8H2,(H,27,30). The van der Waals surface area contributed by atoms with Crippen LogP contribution in [0.2, 0.25) is 0 Å². The number of nitrogens with zero attached hydrogens (tertiary/aromatic N) is 4. The van der Waals surface area contributed by atoms with E-state index in [1.54, 1.807) is 6.20 Å². The molecule has 1 N–H and O–H groups in total. The quantitative estimate of drug-likeness (QED) is 0.699. The molecule has 6 nitrogen and oxygen atoms in total. The molecule has 1 unspecified atom stereocenters. The number of carbonyl (C=O) groups is 1. The number of halogens is 3. The minimum atomic E-state index is -4.53. The van der Waals surface area contributed by atoms with E-state index in [0.717, 1.165) is 41.0 Å². The summed E-state index contributed by atoms with van der Waals surface area (Å²) in [6.45, 7) is 0.659. The summed E-state index contributed by atoms with van der Waals surface area (Å²) < 4.78 is 39.8. The first kappa shape index (κ1) is 18.8. The monoisotopic (exact) mass is 413 g/mol. The molecular formula is C21H18F3N5O. The maximum absolute atomic E-state index is 12.7. The summed E-state index contributed by atoms with van der Waals surface area (Å²) in [5, 5.41) is 7.53. The van der Waals surface area contributed by atoms with E-state index in [-0.39, 0.29) is 11.6 Å². The number of rotatable bonds is 4. The second-order valence-electron chi connectivity index (χ2n) is 7.67. The van der Waals surface area contributed by atoms with E-state index in [1.807, 2.05) is 16.8 Å². The van der Waals surface area contributed by atoms with E-state index in [0.29, 0.717) is 18.9 Å². The van der Waals surface area contributed by atoms with Crippen LogP contribution in [0.15, 0.2) is 42.7 Å². The van der Waals surface area contributed by atoms with Gasteiger partial charge in [-0.2, -0.15) is 18.3 Å². The fourth-order valence-electron chi connectivity index (χ4n) is 3.72. The molecule has 0 radical (unpaired) electrons. The van der Waals surface area contributed by atoms with Gasteiger partial charge in [-0.3, -0.25) is 19.4 Å². The molecule has 0 aromatic carbocycles. The van der Waals surface area contributed by atoms with Crippen LogP contribution in [0, 0.1) is 0 Å². The molecule has 0 saturated heterocycles. The van der Waals surface area contributed by atoms with E-state index in [1.165, 1.54) is 12.8 Å². The minimum Gasteiger partial charge on any atom is -0.344 e. The number of hydrogen-bond acceptors (Lipinski definition) is 4. The average Bonchev–Trinajstić information content (AvgIpc) is 3.40. The number of aromatic nitrogens is 4. The van der Waals surface area contributed by atoms with E-state index in [4.69, 9.17) is 0 Å². The van der Waals surface area contributed by atoms with Crippen LogP contribution < -0.4 is 5.32 Å². The Morgan fingerprint density at radius 1 is 1.10 bits per heavy atom. The molecule has 9 heteroatoms. The highest BCUT2D eigenvalue weighted by Crippen LogP contribution is 2.40. The fourth-order valence-corrected chi connectivity index (χ4v) is 3.72. The van der Waals surface area contributed by atoms with Gasteiger partial charge in [0, 0.05) is 36.1 Å². The Labute approximate surface area is 170 Å². The third kappa shape index (κ3) is 3.55. The van der Waals surface area contributed by atoms with Gasteiger partial charge < -0.3 is 5.32 Å². The molecule has 0 bridgehead atoms. The van der Waals surface area contributed by atoms with Crippen molar-refractivity contribution in [2.24, 2.45) is 0 Å². The molecule has 154 valence electrons. The smallest absolute Gasteiger partial charge is 0.344 e. The molecule has 4 heterocycles. The van der Waals surface area contributed by atoms with Crippen molar-refractivity contribution in [2.75, 3.05) is 0 Å². The number of pyridine rings is 2. The zero-order valence-electron chi connectivity index (χ0n) is 15.9. The van der Waals surface area contributed by atoms with Crippen LogP contribution in [0.1, 0.15) is 58.7 Å². The Kier molecular flexibility index (Phi) is 4.34. The van der Waals surface area contributed by atoms with Gasteiger partial charge >= 0.3 is 6.18 Å². The number of nitrogens with one attached hydrogen (secondary N) is 1. The van der Waals surface area contributed by atoms with Gasteiger partial charge in [0.15, 0.2) is 0 Å². The van der Waals surface area contributed by atoms with E-state index in [2.05, 4.69) is 26.4 Å². The van der Waals surface area contributed by atoms with Crippen molar-refractivity contribution in [3.05, 3.63) is 65.4 Å². The first-order valence-corrected chi connectivity index (χ1v) is 9.76. The third-order valence-corrected chi connectivity index (χ3v) is 5.49. The molecule has 1 aliphatic carbocycles. The molecule has 1 fully saturated rings. The van der Waals surface area contributed by atoms with Gasteiger partial charge in [0.1, 0.15) is 5.69 Å². The summed E-state index contributed by atoms with van der Waals surface area (Å²) in [6.07, 6.45) is 1.23. The zero-order chi connectivity index (χ0) is 20.9. The van der Waals surface area contributed by atoms with Crippen molar-refractivity contribution in [3.63, 3.8) is 0 Å². The minimum absolute atomic E-state index is 0.0874. The summed E-state index contributed by atoms with van der Waals surface area (Å²) >= 11 is 0. The summed E-state index contributed by atoms with van der Waals surface area (Å²) in [5.74, 6) is 0.0844. The van der Waals surface area contributed by atoms with Crippen LogP contribution in [0.4, 0.5) is 13.2 Å². The van der Waals surface area contributed by atoms with Crippen molar-refractivity contribution in [3.8, 4) is 11.3 Å². The van der Waals surface area contributed by atoms with Crippen molar-refractivity contribution in [1.82, 2.24) is 25.1 Å². The van der Waals surface area contributed by atoms with Gasteiger partial charge in [-0.05, 0) is 49.6 Å². The first-order chi connectivity index (χ1) is 14.4. The lowest BCUT2D eigenvalue weighted by Crippen LogP contribution is -2.27. The second kappa shape index (κ2) is 6.93. The molecule has 1 saturated carbocycles. The number of aryl methyl sites for hydroxylation is 1. The lowest BCUT2D eigenvalue weighted by Gasteiger charge is -2.12. The van der Waals surface area contributed by atoms with Gasteiger partial charge in [0.2, 0.25) is 0 Å². The average molecular weight is 413 g/mol. The molecule has 2 aliphatic rings. The van der Waals surface area contributed by atoms with Crippen LogP contribution in [-0.2, 0) is 12.7 Å². The van der Waals surface area contributed by atoms with Crippen molar-refractivity contribution >= 4 is 5.91 Å². The highest BCUT2D eigenvalue weighted by atomic mass is 19.4. The van der Waals surface area contributed by atoms with Crippen molar-refractivity contribution in [1.29, 1.82) is 0 Å². The lowest BCUT2D eigenvalue weighted by molar-refractivity contribution is -0.141. The molecule has 1 atom stereocenters. The number of carbonyl (C=O) groups excluding carboxylic acids is 1. The maximum atomic E-state index is 12.7. The van der Waals surface area contributed by atoms with Gasteiger partial charge in [0.25, 0.3) is 5.91 Å². The van der Waals surface area contributed by atoms with Gasteiger partial charge in [-0.15, -0.1) is 0 Å². The first-order valence-electron chi connectivity index (χ1n) is 9.76. The summed E-state index contributed by atoms with van der Waals surface area (Å²) in [5.41, 5.74) is 2.84.